The van der Waals surface area contributed by atoms with Gasteiger partial charge in [-0.3, -0.25) is 0 Å². The molecule has 0 bridgehead atoms. The van der Waals surface area contributed by atoms with Crippen molar-refractivity contribution in [3.63, 3.8) is 0 Å². The van der Waals surface area contributed by atoms with Gasteiger partial charge in [0.1, 0.15) is 0 Å². The quantitative estimate of drug-likeness (QED) is 0.196. The number of fused-ring (bicyclic) bond motifs is 8. The molecule has 0 saturated heterocycles. The highest BCUT2D eigenvalue weighted by Crippen LogP contribution is 2.54. The van der Waals surface area contributed by atoms with Crippen LogP contribution < -0.4 is 4.90 Å². The van der Waals surface area contributed by atoms with E-state index in [1.165, 1.54) is 70.0 Å². The van der Waals surface area contributed by atoms with Crippen LogP contribution in [0, 0.1) is 0 Å². The van der Waals surface area contributed by atoms with Gasteiger partial charge < -0.3 is 4.90 Å². The third-order valence-corrected chi connectivity index (χ3v) is 10.9. The van der Waals surface area contributed by atoms with Gasteiger partial charge in [-0.15, -0.1) is 11.3 Å². The number of para-hydroxylation sites is 1. The summed E-state index contributed by atoms with van der Waals surface area (Å²) in [6, 6.07) is 55.7. The van der Waals surface area contributed by atoms with Crippen molar-refractivity contribution in [3.05, 3.63) is 163 Å². The highest BCUT2D eigenvalue weighted by molar-refractivity contribution is 7.26. The molecule has 0 unspecified atom stereocenters. The van der Waals surface area contributed by atoms with Gasteiger partial charge in [0.2, 0.25) is 0 Å². The Morgan fingerprint density at radius 1 is 0.489 bits per heavy atom. The first kappa shape index (κ1) is 26.2. The summed E-state index contributed by atoms with van der Waals surface area (Å²) >= 11 is 1.88. The minimum Gasteiger partial charge on any atom is -0.310 e. The van der Waals surface area contributed by atoms with Crippen molar-refractivity contribution in [2.24, 2.45) is 0 Å². The monoisotopic (exact) mass is 593 g/mol. The Balaban J connectivity index is 1.24. The maximum absolute atomic E-state index is 2.45. The Kier molecular flexibility index (Phi) is 5.78. The molecule has 7 aromatic carbocycles. The molecule has 45 heavy (non-hydrogen) atoms. The number of benzene rings is 7. The Morgan fingerprint density at radius 2 is 1.11 bits per heavy atom. The average molecular weight is 594 g/mol. The summed E-state index contributed by atoms with van der Waals surface area (Å²) in [6.07, 6.45) is 0. The molecular formula is C43H31NS. The molecular weight excluding hydrogens is 563 g/mol. The van der Waals surface area contributed by atoms with Gasteiger partial charge >= 0.3 is 0 Å². The van der Waals surface area contributed by atoms with Crippen molar-refractivity contribution in [1.82, 2.24) is 0 Å². The van der Waals surface area contributed by atoms with Crippen LogP contribution in [-0.4, -0.2) is 0 Å². The summed E-state index contributed by atoms with van der Waals surface area (Å²) in [5, 5.41) is 5.22. The van der Waals surface area contributed by atoms with E-state index in [2.05, 4.69) is 170 Å². The topological polar surface area (TPSA) is 3.24 Å². The second kappa shape index (κ2) is 9.92. The first-order chi connectivity index (χ1) is 22.1. The number of hydrogen-bond acceptors (Lipinski definition) is 2. The fraction of sp³-hybridized carbons (Fsp3) is 0.0698. The highest BCUT2D eigenvalue weighted by Gasteiger charge is 2.37. The lowest BCUT2D eigenvalue weighted by molar-refractivity contribution is 0.661. The van der Waals surface area contributed by atoms with E-state index in [-0.39, 0.29) is 5.41 Å². The van der Waals surface area contributed by atoms with Gasteiger partial charge in [-0.05, 0) is 75.2 Å². The molecule has 0 atom stereocenters. The molecule has 1 heterocycles. The molecule has 0 amide bonds. The zero-order chi connectivity index (χ0) is 30.1. The van der Waals surface area contributed by atoms with Gasteiger partial charge in [-0.2, -0.15) is 0 Å². The smallest absolute Gasteiger partial charge is 0.0543 e. The van der Waals surface area contributed by atoms with Crippen LogP contribution in [-0.2, 0) is 5.41 Å². The second-order valence-electron chi connectivity index (χ2n) is 12.5. The molecule has 1 aliphatic rings. The van der Waals surface area contributed by atoms with E-state index in [9.17, 15) is 0 Å². The van der Waals surface area contributed by atoms with Crippen LogP contribution in [0.25, 0.3) is 53.2 Å². The largest absolute Gasteiger partial charge is 0.310 e. The number of nitrogens with zero attached hydrogens (tertiary/aromatic N) is 1. The fourth-order valence-corrected chi connectivity index (χ4v) is 8.72. The Hall–Kier alpha value is -5.18. The van der Waals surface area contributed by atoms with E-state index in [1.807, 2.05) is 11.3 Å². The molecule has 0 saturated carbocycles. The molecule has 2 heteroatoms. The van der Waals surface area contributed by atoms with Crippen LogP contribution in [0.4, 0.5) is 17.1 Å². The predicted octanol–water partition coefficient (Wildman–Crippen LogP) is 12.7. The second-order valence-corrected chi connectivity index (χ2v) is 13.6. The van der Waals surface area contributed by atoms with Gasteiger partial charge in [-0.25, -0.2) is 0 Å². The number of thiophene rings is 1. The summed E-state index contributed by atoms with van der Waals surface area (Å²) in [6.45, 7) is 4.74. The maximum Gasteiger partial charge on any atom is 0.0543 e. The molecule has 8 aromatic rings. The third-order valence-electron chi connectivity index (χ3n) is 9.66. The predicted molar refractivity (Wildman–Crippen MR) is 195 cm³/mol. The molecule has 0 spiro atoms. The van der Waals surface area contributed by atoms with Crippen LogP contribution in [0.15, 0.2) is 152 Å². The number of anilines is 3. The first-order valence-corrected chi connectivity index (χ1v) is 16.4. The normalized spacial score (nSPS) is 13.3. The molecule has 1 aliphatic carbocycles. The SMILES string of the molecule is CC1(C)c2ccccc2-c2c1cc(N(c1ccccc1)c1ccc(-c3cccc4c3sc3ccccc34)cc1)c1ccccc21. The van der Waals surface area contributed by atoms with Gasteiger partial charge in [0.25, 0.3) is 0 Å². The van der Waals surface area contributed by atoms with E-state index in [1.54, 1.807) is 0 Å². The van der Waals surface area contributed by atoms with Crippen LogP contribution in [0.5, 0.6) is 0 Å². The lowest BCUT2D eigenvalue weighted by Gasteiger charge is -2.30. The molecule has 0 aliphatic heterocycles. The molecule has 0 fully saturated rings. The van der Waals surface area contributed by atoms with Gasteiger partial charge in [0.15, 0.2) is 0 Å². The molecule has 9 rings (SSSR count). The van der Waals surface area contributed by atoms with E-state index < -0.39 is 0 Å². The van der Waals surface area contributed by atoms with Crippen molar-refractivity contribution in [1.29, 1.82) is 0 Å². The van der Waals surface area contributed by atoms with E-state index in [4.69, 9.17) is 0 Å². The van der Waals surface area contributed by atoms with Crippen molar-refractivity contribution in [2.45, 2.75) is 19.3 Å². The Morgan fingerprint density at radius 3 is 1.93 bits per heavy atom. The zero-order valence-electron chi connectivity index (χ0n) is 25.3. The summed E-state index contributed by atoms with van der Waals surface area (Å²) in [4.78, 5) is 2.44. The van der Waals surface area contributed by atoms with Gasteiger partial charge in [0, 0.05) is 42.3 Å². The minimum atomic E-state index is -0.0974. The lowest BCUT2D eigenvalue weighted by atomic mass is 9.81. The van der Waals surface area contributed by atoms with Crippen LogP contribution in [0.2, 0.25) is 0 Å². The standard InChI is InChI=1S/C43H31NS/c1-43(2)37-21-10-8-18-36(37)41-34-17-7-6-15-32(34)39(27-38(41)43)44(29-13-4-3-5-14-29)30-25-23-28(24-26-30)31-19-12-20-35-33-16-9-11-22-40(33)45-42(31)35/h3-27H,1-2H3. The van der Waals surface area contributed by atoms with Gasteiger partial charge in [0.05, 0.1) is 5.69 Å². The summed E-state index contributed by atoms with van der Waals surface area (Å²) in [5.74, 6) is 0. The van der Waals surface area contributed by atoms with Crippen molar-refractivity contribution >= 4 is 59.3 Å². The van der Waals surface area contributed by atoms with Crippen LogP contribution in [0.3, 0.4) is 0 Å². The zero-order valence-corrected chi connectivity index (χ0v) is 26.1. The third kappa shape index (κ3) is 3.92. The molecule has 1 aromatic heterocycles. The number of hydrogen-bond donors (Lipinski definition) is 0. The Bertz CT molecular complexity index is 2400. The van der Waals surface area contributed by atoms with E-state index >= 15 is 0 Å². The lowest BCUT2D eigenvalue weighted by Crippen LogP contribution is -2.17. The van der Waals surface area contributed by atoms with Crippen molar-refractivity contribution in [3.8, 4) is 22.3 Å². The van der Waals surface area contributed by atoms with Crippen LogP contribution in [0.1, 0.15) is 25.0 Å². The van der Waals surface area contributed by atoms with Crippen molar-refractivity contribution < 1.29 is 0 Å². The molecule has 1 nitrogen and oxygen atoms in total. The van der Waals surface area contributed by atoms with Crippen molar-refractivity contribution in [2.75, 3.05) is 4.90 Å². The maximum atomic E-state index is 2.45. The highest BCUT2D eigenvalue weighted by atomic mass is 32.1. The summed E-state index contributed by atoms with van der Waals surface area (Å²) in [7, 11) is 0. The minimum absolute atomic E-state index is 0.0974. The summed E-state index contributed by atoms with van der Waals surface area (Å²) < 4.78 is 2.68. The molecule has 0 radical (unpaired) electrons. The van der Waals surface area contributed by atoms with Gasteiger partial charge in [-0.1, -0.05) is 129 Å². The first-order valence-electron chi connectivity index (χ1n) is 15.6. The number of rotatable bonds is 4. The van der Waals surface area contributed by atoms with Crippen LogP contribution >= 0.6 is 11.3 Å². The Labute approximate surface area is 267 Å². The van der Waals surface area contributed by atoms with E-state index in [0.717, 1.165) is 11.4 Å². The fourth-order valence-electron chi connectivity index (χ4n) is 7.48. The average Bonchev–Trinajstić information content (AvgIpc) is 3.58. The molecule has 0 N–H and O–H groups in total. The molecule has 214 valence electrons. The summed E-state index contributed by atoms with van der Waals surface area (Å²) in [5.41, 5.74) is 11.4. The van der Waals surface area contributed by atoms with E-state index in [0.29, 0.717) is 0 Å².